The van der Waals surface area contributed by atoms with Crippen molar-refractivity contribution in [1.82, 2.24) is 19.7 Å². The molecule has 0 bridgehead atoms. The fourth-order valence-corrected chi connectivity index (χ4v) is 3.44. The van der Waals surface area contributed by atoms with Gasteiger partial charge in [-0.15, -0.1) is 0 Å². The summed E-state index contributed by atoms with van der Waals surface area (Å²) in [6, 6.07) is 5.72. The molecule has 2 aromatic heterocycles. The SMILES string of the molecule is CCCn1nc(C)c(NC(=O)N2CCC[C@H](OCc3ccccn3)C2)c1C. The molecule has 0 saturated carbocycles. The summed E-state index contributed by atoms with van der Waals surface area (Å²) in [6.07, 6.45) is 4.71. The van der Waals surface area contributed by atoms with Gasteiger partial charge in [0.2, 0.25) is 0 Å². The van der Waals surface area contributed by atoms with Gasteiger partial charge in [0.25, 0.3) is 0 Å². The molecule has 1 saturated heterocycles. The van der Waals surface area contributed by atoms with Crippen LogP contribution in [0.1, 0.15) is 43.3 Å². The second-order valence-corrected chi connectivity index (χ2v) is 7.04. The number of hydrogen-bond acceptors (Lipinski definition) is 4. The van der Waals surface area contributed by atoms with Crippen LogP contribution in [0.15, 0.2) is 24.4 Å². The summed E-state index contributed by atoms with van der Waals surface area (Å²) >= 11 is 0. The number of rotatable bonds is 6. The molecule has 2 aromatic rings. The zero-order valence-electron chi connectivity index (χ0n) is 16.4. The lowest BCUT2D eigenvalue weighted by Gasteiger charge is -2.32. The summed E-state index contributed by atoms with van der Waals surface area (Å²) in [5, 5.41) is 7.58. The number of aryl methyl sites for hydroxylation is 2. The van der Waals surface area contributed by atoms with Crippen molar-refractivity contribution in [3.63, 3.8) is 0 Å². The molecule has 0 spiro atoms. The van der Waals surface area contributed by atoms with E-state index in [1.165, 1.54) is 0 Å². The molecule has 27 heavy (non-hydrogen) atoms. The van der Waals surface area contributed by atoms with Crippen LogP contribution in [-0.4, -0.2) is 44.9 Å². The fraction of sp³-hybridized carbons (Fsp3) is 0.550. The minimum Gasteiger partial charge on any atom is -0.370 e. The standard InChI is InChI=1S/C20H29N5O2/c1-4-11-25-16(3)19(15(2)23-25)22-20(26)24-12-7-9-18(13-24)27-14-17-8-5-6-10-21-17/h5-6,8,10,18H,4,7,9,11-14H2,1-3H3,(H,22,26)/t18-/m0/s1. The lowest BCUT2D eigenvalue weighted by molar-refractivity contribution is -0.000327. The van der Waals surface area contributed by atoms with E-state index < -0.39 is 0 Å². The van der Waals surface area contributed by atoms with Gasteiger partial charge in [0.15, 0.2) is 0 Å². The van der Waals surface area contributed by atoms with Crippen LogP contribution in [0.4, 0.5) is 10.5 Å². The van der Waals surface area contributed by atoms with E-state index in [1.807, 2.05) is 41.6 Å². The highest BCUT2D eigenvalue weighted by Crippen LogP contribution is 2.22. The summed E-state index contributed by atoms with van der Waals surface area (Å²) in [4.78, 5) is 18.9. The Kier molecular flexibility index (Phi) is 6.45. The summed E-state index contributed by atoms with van der Waals surface area (Å²) in [5.74, 6) is 0. The Bertz CT molecular complexity index is 759. The predicted octanol–water partition coefficient (Wildman–Crippen LogP) is 3.52. The van der Waals surface area contributed by atoms with Crippen molar-refractivity contribution in [3.8, 4) is 0 Å². The molecule has 1 N–H and O–H groups in total. The Balaban J connectivity index is 1.57. The third kappa shape index (κ3) is 4.86. The van der Waals surface area contributed by atoms with Gasteiger partial charge in [0.05, 0.1) is 35.5 Å². The maximum Gasteiger partial charge on any atom is 0.322 e. The number of urea groups is 1. The highest BCUT2D eigenvalue weighted by Gasteiger charge is 2.25. The van der Waals surface area contributed by atoms with Crippen molar-refractivity contribution in [2.75, 3.05) is 18.4 Å². The van der Waals surface area contributed by atoms with Crippen LogP contribution < -0.4 is 5.32 Å². The van der Waals surface area contributed by atoms with E-state index >= 15 is 0 Å². The van der Waals surface area contributed by atoms with Crippen LogP contribution in [-0.2, 0) is 17.9 Å². The number of likely N-dealkylation sites (tertiary alicyclic amines) is 1. The lowest BCUT2D eigenvalue weighted by Crippen LogP contribution is -2.45. The fourth-order valence-electron chi connectivity index (χ4n) is 3.44. The summed E-state index contributed by atoms with van der Waals surface area (Å²) < 4.78 is 7.94. The number of hydrogen-bond donors (Lipinski definition) is 1. The van der Waals surface area contributed by atoms with E-state index in [4.69, 9.17) is 4.74 Å². The van der Waals surface area contributed by atoms with Crippen LogP contribution in [0.3, 0.4) is 0 Å². The number of ether oxygens (including phenoxy) is 1. The van der Waals surface area contributed by atoms with Crippen LogP contribution in [0.2, 0.25) is 0 Å². The van der Waals surface area contributed by atoms with Crippen LogP contribution >= 0.6 is 0 Å². The monoisotopic (exact) mass is 371 g/mol. The zero-order valence-corrected chi connectivity index (χ0v) is 16.4. The lowest BCUT2D eigenvalue weighted by atomic mass is 10.1. The number of pyridine rings is 1. The molecule has 3 rings (SSSR count). The van der Waals surface area contributed by atoms with Gasteiger partial charge >= 0.3 is 6.03 Å². The van der Waals surface area contributed by atoms with Gasteiger partial charge in [-0.25, -0.2) is 4.79 Å². The highest BCUT2D eigenvalue weighted by atomic mass is 16.5. The molecular formula is C20H29N5O2. The minimum atomic E-state index is -0.0802. The number of carbonyl (C=O) groups is 1. The maximum atomic E-state index is 12.8. The molecule has 0 aromatic carbocycles. The van der Waals surface area contributed by atoms with Crippen molar-refractivity contribution < 1.29 is 9.53 Å². The van der Waals surface area contributed by atoms with E-state index in [9.17, 15) is 4.79 Å². The van der Waals surface area contributed by atoms with E-state index in [2.05, 4.69) is 22.3 Å². The average Bonchev–Trinajstić information content (AvgIpc) is 2.95. The van der Waals surface area contributed by atoms with Gasteiger partial charge in [-0.05, 0) is 45.2 Å². The molecule has 2 amide bonds. The number of carbonyl (C=O) groups excluding carboxylic acids is 1. The number of anilines is 1. The Morgan fingerprint density at radius 3 is 2.96 bits per heavy atom. The molecule has 1 aliphatic rings. The maximum absolute atomic E-state index is 12.8. The molecule has 7 nitrogen and oxygen atoms in total. The molecule has 1 aliphatic heterocycles. The molecule has 0 unspecified atom stereocenters. The smallest absolute Gasteiger partial charge is 0.322 e. The highest BCUT2D eigenvalue weighted by molar-refractivity contribution is 5.90. The second kappa shape index (κ2) is 8.99. The van der Waals surface area contributed by atoms with Gasteiger partial charge in [-0.3, -0.25) is 9.67 Å². The molecule has 146 valence electrons. The average molecular weight is 371 g/mol. The topological polar surface area (TPSA) is 72.3 Å². The van der Waals surface area contributed by atoms with E-state index in [0.717, 1.165) is 55.1 Å². The van der Waals surface area contributed by atoms with Crippen molar-refractivity contribution in [2.24, 2.45) is 0 Å². The van der Waals surface area contributed by atoms with E-state index in [0.29, 0.717) is 13.2 Å². The number of amides is 2. The van der Waals surface area contributed by atoms with E-state index in [1.54, 1.807) is 6.20 Å². The molecular weight excluding hydrogens is 342 g/mol. The summed E-state index contributed by atoms with van der Waals surface area (Å²) in [5.41, 5.74) is 3.59. The van der Waals surface area contributed by atoms with Gasteiger partial charge in [0.1, 0.15) is 0 Å². The molecule has 7 heteroatoms. The van der Waals surface area contributed by atoms with E-state index in [-0.39, 0.29) is 12.1 Å². The minimum absolute atomic E-state index is 0.0384. The molecule has 0 radical (unpaired) electrons. The first-order chi connectivity index (χ1) is 13.1. The van der Waals surface area contributed by atoms with Crippen molar-refractivity contribution >= 4 is 11.7 Å². The Labute approximate surface area is 160 Å². The third-order valence-electron chi connectivity index (χ3n) is 4.91. The molecule has 3 heterocycles. The van der Waals surface area contributed by atoms with Crippen LogP contribution in [0.5, 0.6) is 0 Å². The Hall–Kier alpha value is -2.41. The first-order valence-electron chi connectivity index (χ1n) is 9.70. The van der Waals surface area contributed by atoms with Crippen LogP contribution in [0.25, 0.3) is 0 Å². The second-order valence-electron chi connectivity index (χ2n) is 7.04. The van der Waals surface area contributed by atoms with Crippen molar-refractivity contribution in [1.29, 1.82) is 0 Å². The molecule has 1 fully saturated rings. The van der Waals surface area contributed by atoms with Gasteiger partial charge in [-0.2, -0.15) is 5.10 Å². The number of nitrogens with one attached hydrogen (secondary N) is 1. The predicted molar refractivity (Wildman–Crippen MR) is 105 cm³/mol. The van der Waals surface area contributed by atoms with Crippen molar-refractivity contribution in [3.05, 3.63) is 41.5 Å². The number of piperidine rings is 1. The summed E-state index contributed by atoms with van der Waals surface area (Å²) in [6.45, 7) is 8.73. The molecule has 0 aliphatic carbocycles. The van der Waals surface area contributed by atoms with Gasteiger partial charge < -0.3 is 15.0 Å². The normalized spacial score (nSPS) is 17.1. The Morgan fingerprint density at radius 2 is 2.22 bits per heavy atom. The summed E-state index contributed by atoms with van der Waals surface area (Å²) in [7, 11) is 0. The number of nitrogens with zero attached hydrogens (tertiary/aromatic N) is 4. The van der Waals surface area contributed by atoms with Crippen molar-refractivity contribution in [2.45, 2.75) is 59.3 Å². The quantitative estimate of drug-likeness (QED) is 0.843. The first-order valence-corrected chi connectivity index (χ1v) is 9.70. The zero-order chi connectivity index (χ0) is 19.2. The molecule has 1 atom stereocenters. The first kappa shape index (κ1) is 19.4. The van der Waals surface area contributed by atoms with Gasteiger partial charge in [-0.1, -0.05) is 13.0 Å². The van der Waals surface area contributed by atoms with Gasteiger partial charge in [0, 0.05) is 25.8 Å². The number of aromatic nitrogens is 3. The third-order valence-corrected chi connectivity index (χ3v) is 4.91. The Morgan fingerprint density at radius 1 is 1.37 bits per heavy atom. The largest absolute Gasteiger partial charge is 0.370 e. The van der Waals surface area contributed by atoms with Crippen LogP contribution in [0, 0.1) is 13.8 Å².